The molecule has 0 aliphatic carbocycles. The average molecular weight is 699 g/mol. The van der Waals surface area contributed by atoms with E-state index in [1.807, 2.05) is 26.0 Å². The van der Waals surface area contributed by atoms with E-state index in [2.05, 4.69) is 10.2 Å². The van der Waals surface area contributed by atoms with E-state index in [9.17, 15) is 27.6 Å². The first-order valence-corrected chi connectivity index (χ1v) is 17.0. The number of ether oxygens (including phenoxy) is 7. The molecule has 17 heteroatoms. The molecule has 0 unspecified atom stereocenters. The van der Waals surface area contributed by atoms with Crippen LogP contribution in [0.5, 0.6) is 11.6 Å². The van der Waals surface area contributed by atoms with Gasteiger partial charge >= 0.3 is 23.9 Å². The highest BCUT2D eigenvalue weighted by Crippen LogP contribution is 2.34. The molecule has 48 heavy (non-hydrogen) atoms. The first-order chi connectivity index (χ1) is 22.5. The van der Waals surface area contributed by atoms with Crippen molar-refractivity contribution in [2.45, 2.75) is 91.0 Å². The lowest BCUT2D eigenvalue weighted by Gasteiger charge is -2.43. The van der Waals surface area contributed by atoms with E-state index in [1.54, 1.807) is 12.1 Å². The third-order valence-electron chi connectivity index (χ3n) is 6.77. The Kier molecular flexibility index (Phi) is 13.7. The monoisotopic (exact) mass is 698 g/mol. The van der Waals surface area contributed by atoms with Gasteiger partial charge < -0.3 is 33.2 Å². The minimum Gasteiger partial charge on any atom is -0.494 e. The Hall–Kier alpha value is -4.22. The topological polar surface area (TPSA) is 205 Å². The molecule has 0 spiro atoms. The number of H-pyrrole nitrogens is 1. The molecule has 266 valence electrons. The third-order valence-corrected chi connectivity index (χ3v) is 7.37. The summed E-state index contributed by atoms with van der Waals surface area (Å²) in [4.78, 5) is 48.1. The molecular formula is C31H42N2O14S. The molecule has 1 aliphatic rings. The van der Waals surface area contributed by atoms with E-state index in [0.717, 1.165) is 38.3 Å². The van der Waals surface area contributed by atoms with Crippen LogP contribution in [0.3, 0.4) is 0 Å². The normalized spacial score (nSPS) is 20.9. The van der Waals surface area contributed by atoms with E-state index in [-0.39, 0.29) is 25.0 Å². The molecular weight excluding hydrogens is 656 g/mol. The second kappa shape index (κ2) is 17.3. The van der Waals surface area contributed by atoms with Gasteiger partial charge in [-0.2, -0.15) is 8.42 Å². The van der Waals surface area contributed by atoms with E-state index in [1.165, 1.54) is 6.92 Å². The summed E-state index contributed by atoms with van der Waals surface area (Å²) < 4.78 is 66.5. The molecule has 16 nitrogen and oxygen atoms in total. The van der Waals surface area contributed by atoms with Crippen LogP contribution in [0.1, 0.15) is 70.7 Å². The molecule has 1 aromatic heterocycles. The fourth-order valence-electron chi connectivity index (χ4n) is 4.87. The molecule has 2 heterocycles. The molecule has 1 fully saturated rings. The average Bonchev–Trinajstić information content (AvgIpc) is 3.36. The molecule has 0 amide bonds. The van der Waals surface area contributed by atoms with Crippen molar-refractivity contribution in [3.63, 3.8) is 0 Å². The number of esters is 4. The van der Waals surface area contributed by atoms with Crippen molar-refractivity contribution in [2.24, 2.45) is 0 Å². The van der Waals surface area contributed by atoms with Crippen LogP contribution in [0.2, 0.25) is 0 Å². The zero-order chi connectivity index (χ0) is 35.6. The Balaban J connectivity index is 1.89. The quantitative estimate of drug-likeness (QED) is 0.116. The van der Waals surface area contributed by atoms with Gasteiger partial charge in [0, 0.05) is 51.8 Å². The molecule has 3 rings (SSSR count). The van der Waals surface area contributed by atoms with Gasteiger partial charge in [-0.25, -0.2) is 0 Å². The van der Waals surface area contributed by atoms with Crippen LogP contribution >= 0.6 is 0 Å². The molecule has 0 radical (unpaired) electrons. The first kappa shape index (κ1) is 38.2. The highest BCUT2D eigenvalue weighted by atomic mass is 32.2. The van der Waals surface area contributed by atoms with Crippen LogP contribution < -0.4 is 9.47 Å². The van der Waals surface area contributed by atoms with Crippen LogP contribution in [0.25, 0.3) is 0 Å². The lowest BCUT2D eigenvalue weighted by atomic mass is 9.97. The number of nitrogens with one attached hydrogen (secondary N) is 1. The summed E-state index contributed by atoms with van der Waals surface area (Å²) in [6.45, 7) is 8.37. The summed E-state index contributed by atoms with van der Waals surface area (Å²) in [6, 6.07) is 7.22. The summed E-state index contributed by atoms with van der Waals surface area (Å²) in [5, 5.41) is 7.35. The van der Waals surface area contributed by atoms with Gasteiger partial charge in [-0.05, 0) is 23.6 Å². The van der Waals surface area contributed by atoms with E-state index in [0.29, 0.717) is 24.2 Å². The number of hydrogen-bond acceptors (Lipinski definition) is 15. The minimum absolute atomic E-state index is 0.0116. The Morgan fingerprint density at radius 2 is 1.48 bits per heavy atom. The van der Waals surface area contributed by atoms with Crippen LogP contribution in [-0.2, 0) is 63.6 Å². The largest absolute Gasteiger partial charge is 0.494 e. The Bertz CT molecular complexity index is 1520. The van der Waals surface area contributed by atoms with Crippen molar-refractivity contribution in [3.8, 4) is 11.6 Å². The highest BCUT2D eigenvalue weighted by Gasteiger charge is 2.53. The van der Waals surface area contributed by atoms with Crippen LogP contribution in [0.15, 0.2) is 24.3 Å². The number of benzene rings is 1. The van der Waals surface area contributed by atoms with Gasteiger partial charge in [0.1, 0.15) is 18.5 Å². The number of carbonyl (C=O) groups is 4. The van der Waals surface area contributed by atoms with Crippen LogP contribution in [0, 0.1) is 0 Å². The summed E-state index contributed by atoms with van der Waals surface area (Å²) in [7, 11) is -3.51. The highest BCUT2D eigenvalue weighted by molar-refractivity contribution is 7.85. The van der Waals surface area contributed by atoms with Crippen LogP contribution in [-0.4, -0.2) is 99.3 Å². The fourth-order valence-corrected chi connectivity index (χ4v) is 5.29. The van der Waals surface area contributed by atoms with Crippen molar-refractivity contribution < 1.29 is 64.9 Å². The maximum absolute atomic E-state index is 12.2. The molecule has 1 aliphatic heterocycles. The molecule has 2 aromatic rings. The van der Waals surface area contributed by atoms with Gasteiger partial charge in [0.15, 0.2) is 12.2 Å². The predicted molar refractivity (Wildman–Crippen MR) is 165 cm³/mol. The summed E-state index contributed by atoms with van der Waals surface area (Å²) in [5.74, 6) is -2.25. The van der Waals surface area contributed by atoms with E-state index < -0.39 is 71.3 Å². The van der Waals surface area contributed by atoms with E-state index >= 15 is 0 Å². The molecule has 5 atom stereocenters. The smallest absolute Gasteiger partial charge is 0.303 e. The van der Waals surface area contributed by atoms with E-state index in [4.69, 9.17) is 37.3 Å². The van der Waals surface area contributed by atoms with Gasteiger partial charge in [0.2, 0.25) is 18.3 Å². The summed E-state index contributed by atoms with van der Waals surface area (Å²) in [5.41, 5.74) is 2.27. The molecule has 1 aromatic carbocycles. The zero-order valence-corrected chi connectivity index (χ0v) is 28.7. The molecule has 1 saturated heterocycles. The standard InChI is InChI=1S/C31H42N2O14S/c1-17(2)26-24(15-22-9-11-23(12-10-22)40-13-8-14-42-48(7,38)39)30(33-32-26)47-31-29(45-21(6)37)28(44-20(5)36)27(43-19(4)35)25(46-31)16-41-18(3)34/h9-12,17,25,27-29,31H,8,13-16H2,1-7H3,(H,32,33)/t25-,27-,28+,29-,31+/m1/s1. The maximum Gasteiger partial charge on any atom is 0.303 e. The number of aromatic nitrogens is 2. The number of carbonyl (C=O) groups excluding carboxylic acids is 4. The Labute approximate surface area is 278 Å². The third kappa shape index (κ3) is 11.8. The molecule has 1 N–H and O–H groups in total. The summed E-state index contributed by atoms with van der Waals surface area (Å²) >= 11 is 0. The predicted octanol–water partition coefficient (Wildman–Crippen LogP) is 2.33. The first-order valence-electron chi connectivity index (χ1n) is 15.1. The molecule has 0 saturated carbocycles. The maximum atomic E-state index is 12.2. The van der Waals surface area contributed by atoms with Gasteiger partial charge in [0.05, 0.1) is 19.5 Å². The van der Waals surface area contributed by atoms with Crippen molar-refractivity contribution >= 4 is 34.0 Å². The second-order valence-electron chi connectivity index (χ2n) is 11.3. The number of nitrogens with zero attached hydrogens (tertiary/aromatic N) is 1. The molecule has 0 bridgehead atoms. The van der Waals surface area contributed by atoms with Crippen LogP contribution in [0.4, 0.5) is 0 Å². The van der Waals surface area contributed by atoms with Crippen molar-refractivity contribution in [1.29, 1.82) is 0 Å². The Morgan fingerprint density at radius 3 is 2.04 bits per heavy atom. The number of rotatable bonds is 16. The van der Waals surface area contributed by atoms with Crippen molar-refractivity contribution in [1.82, 2.24) is 10.2 Å². The van der Waals surface area contributed by atoms with Crippen molar-refractivity contribution in [2.75, 3.05) is 26.1 Å². The number of aromatic amines is 1. The number of hydrogen-bond donors (Lipinski definition) is 1. The fraction of sp³-hybridized carbons (Fsp3) is 0.581. The lowest BCUT2D eigenvalue weighted by molar-refractivity contribution is -0.289. The SMILES string of the molecule is CC(=O)OC[C@H]1O[C@@H](Oc2n[nH]c(C(C)C)c2Cc2ccc(OCCCOS(C)(=O)=O)cc2)[C@H](OC(C)=O)[C@@H](OC(C)=O)[C@@H]1OC(C)=O. The van der Waals surface area contributed by atoms with Gasteiger partial charge in [-0.1, -0.05) is 26.0 Å². The Morgan fingerprint density at radius 1 is 0.875 bits per heavy atom. The van der Waals surface area contributed by atoms with Gasteiger partial charge in [-0.15, -0.1) is 5.10 Å². The minimum atomic E-state index is -3.51. The lowest BCUT2D eigenvalue weighted by Crippen LogP contribution is -2.63. The second-order valence-corrected chi connectivity index (χ2v) is 13.0. The van der Waals surface area contributed by atoms with Gasteiger partial charge in [-0.3, -0.25) is 28.5 Å². The van der Waals surface area contributed by atoms with Crippen molar-refractivity contribution in [3.05, 3.63) is 41.1 Å². The van der Waals surface area contributed by atoms with Gasteiger partial charge in [0.25, 0.3) is 10.1 Å². The zero-order valence-electron chi connectivity index (χ0n) is 27.9. The summed E-state index contributed by atoms with van der Waals surface area (Å²) in [6.07, 6.45) is -5.08.